The van der Waals surface area contributed by atoms with Gasteiger partial charge in [0.25, 0.3) is 0 Å². The number of carbonyl (C=O) groups is 1. The fourth-order valence-electron chi connectivity index (χ4n) is 5.05. The number of allylic oxidation sites excluding steroid dienone is 1. The third kappa shape index (κ3) is 1.69. The average Bonchev–Trinajstić information content (AvgIpc) is 2.87. The van der Waals surface area contributed by atoms with Gasteiger partial charge in [0, 0.05) is 30.3 Å². The summed E-state index contributed by atoms with van der Waals surface area (Å²) in [4.78, 5) is 14.2. The van der Waals surface area contributed by atoms with E-state index in [1.165, 1.54) is 24.8 Å². The van der Waals surface area contributed by atoms with Gasteiger partial charge in [0.2, 0.25) is 0 Å². The van der Waals surface area contributed by atoms with Crippen LogP contribution in [0.2, 0.25) is 0 Å². The summed E-state index contributed by atoms with van der Waals surface area (Å²) in [5.41, 5.74) is 1.52. The topological polar surface area (TPSA) is 29.5 Å². The van der Waals surface area contributed by atoms with Gasteiger partial charge in [-0.3, -0.25) is 9.69 Å². The lowest BCUT2D eigenvalue weighted by Gasteiger charge is -2.56. The van der Waals surface area contributed by atoms with Crippen molar-refractivity contribution in [3.05, 3.63) is 11.6 Å². The van der Waals surface area contributed by atoms with E-state index in [0.717, 1.165) is 12.5 Å². The molecule has 0 bridgehead atoms. The molecule has 0 aromatic carbocycles. The molecule has 0 spiro atoms. The zero-order valence-corrected chi connectivity index (χ0v) is 12.8. The number of fused-ring (bicyclic) bond motifs is 4. The molecule has 0 aromatic rings. The Morgan fingerprint density at radius 2 is 2.15 bits per heavy atom. The van der Waals surface area contributed by atoms with Gasteiger partial charge in [-0.2, -0.15) is 0 Å². The van der Waals surface area contributed by atoms with Crippen molar-refractivity contribution in [1.82, 2.24) is 4.90 Å². The summed E-state index contributed by atoms with van der Waals surface area (Å²) in [5.74, 6) is 2.05. The quantitative estimate of drug-likeness (QED) is 0.681. The van der Waals surface area contributed by atoms with Crippen LogP contribution in [-0.4, -0.2) is 35.1 Å². The van der Waals surface area contributed by atoms with Gasteiger partial charge in [0.05, 0.1) is 6.10 Å². The van der Waals surface area contributed by atoms with Gasteiger partial charge in [0.15, 0.2) is 5.78 Å². The first-order chi connectivity index (χ1) is 9.46. The van der Waals surface area contributed by atoms with Gasteiger partial charge in [0.1, 0.15) is 6.23 Å². The number of rotatable bonds is 0. The summed E-state index contributed by atoms with van der Waals surface area (Å²) < 4.78 is 6.52. The molecule has 0 N–H and O–H groups in total. The summed E-state index contributed by atoms with van der Waals surface area (Å²) >= 11 is 0. The van der Waals surface area contributed by atoms with Crippen LogP contribution in [-0.2, 0) is 9.53 Å². The van der Waals surface area contributed by atoms with E-state index >= 15 is 0 Å². The van der Waals surface area contributed by atoms with Crippen LogP contribution in [0, 0.1) is 17.8 Å². The van der Waals surface area contributed by atoms with E-state index in [2.05, 4.69) is 25.7 Å². The lowest BCUT2D eigenvalue weighted by atomic mass is 9.70. The van der Waals surface area contributed by atoms with Crippen LogP contribution < -0.4 is 0 Å². The largest absolute Gasteiger partial charge is 0.359 e. The molecule has 2 saturated heterocycles. The van der Waals surface area contributed by atoms with Crippen molar-refractivity contribution in [3.63, 3.8) is 0 Å². The molecule has 0 aromatic heterocycles. The van der Waals surface area contributed by atoms with Crippen molar-refractivity contribution >= 4 is 5.78 Å². The van der Waals surface area contributed by atoms with E-state index in [1.807, 2.05) is 6.08 Å². The molecular formula is C17H25NO2. The van der Waals surface area contributed by atoms with Gasteiger partial charge in [-0.05, 0) is 44.3 Å². The molecule has 3 nitrogen and oxygen atoms in total. The van der Waals surface area contributed by atoms with Crippen molar-refractivity contribution in [2.24, 2.45) is 17.8 Å². The first kappa shape index (κ1) is 13.0. The molecule has 2 aliphatic heterocycles. The molecule has 2 aliphatic carbocycles. The minimum atomic E-state index is 0.147. The Hall–Kier alpha value is -0.670. The molecule has 2 heterocycles. The fraction of sp³-hybridized carbons (Fsp3) is 0.824. The van der Waals surface area contributed by atoms with Crippen LogP contribution in [0.5, 0.6) is 0 Å². The average molecular weight is 275 g/mol. The molecule has 0 radical (unpaired) electrons. The minimum absolute atomic E-state index is 0.147. The molecule has 0 unspecified atom stereocenters. The summed E-state index contributed by atoms with van der Waals surface area (Å²) in [6, 6.07) is 0. The number of ketones is 1. The Morgan fingerprint density at radius 1 is 1.35 bits per heavy atom. The highest BCUT2D eigenvalue weighted by Crippen LogP contribution is 2.51. The summed E-state index contributed by atoms with van der Waals surface area (Å²) in [6.45, 7) is 8.06. The van der Waals surface area contributed by atoms with Crippen molar-refractivity contribution in [2.75, 3.05) is 6.54 Å². The van der Waals surface area contributed by atoms with Crippen molar-refractivity contribution < 1.29 is 9.53 Å². The highest BCUT2D eigenvalue weighted by atomic mass is 16.5. The SMILES string of the molecule is C[C@@H]1CC[C@@H]2[C@@H](C1)O[C@H]1[C@H]3CC(=O)C=C3CN1C2(C)C. The summed E-state index contributed by atoms with van der Waals surface area (Å²) in [6.07, 6.45) is 6.90. The Morgan fingerprint density at radius 3 is 2.95 bits per heavy atom. The Labute approximate surface area is 121 Å². The molecule has 5 atom stereocenters. The normalized spacial score (nSPS) is 46.6. The van der Waals surface area contributed by atoms with Crippen molar-refractivity contribution in [3.8, 4) is 0 Å². The predicted octanol–water partition coefficient (Wildman–Crippen LogP) is 2.76. The third-order valence-electron chi connectivity index (χ3n) is 6.26. The highest BCUT2D eigenvalue weighted by Gasteiger charge is 2.56. The zero-order chi connectivity index (χ0) is 14.1. The van der Waals surface area contributed by atoms with Crippen LogP contribution >= 0.6 is 0 Å². The Bertz CT molecular complexity index is 481. The third-order valence-corrected chi connectivity index (χ3v) is 6.26. The second kappa shape index (κ2) is 4.17. The van der Waals surface area contributed by atoms with E-state index in [0.29, 0.717) is 30.1 Å². The zero-order valence-electron chi connectivity index (χ0n) is 12.8. The Kier molecular flexibility index (Phi) is 2.72. The molecular weight excluding hydrogens is 250 g/mol. The number of nitrogens with zero attached hydrogens (tertiary/aromatic N) is 1. The van der Waals surface area contributed by atoms with E-state index in [4.69, 9.17) is 4.74 Å². The lowest BCUT2D eigenvalue weighted by molar-refractivity contribution is -0.228. The predicted molar refractivity (Wildman–Crippen MR) is 77.1 cm³/mol. The van der Waals surface area contributed by atoms with Crippen molar-refractivity contribution in [2.45, 2.75) is 64.3 Å². The highest BCUT2D eigenvalue weighted by molar-refractivity contribution is 5.94. The van der Waals surface area contributed by atoms with Gasteiger partial charge in [-0.25, -0.2) is 0 Å². The molecule has 3 fully saturated rings. The lowest BCUT2D eigenvalue weighted by Crippen LogP contribution is -2.63. The molecule has 20 heavy (non-hydrogen) atoms. The minimum Gasteiger partial charge on any atom is -0.359 e. The van der Waals surface area contributed by atoms with E-state index < -0.39 is 0 Å². The standard InChI is InChI=1S/C17H25NO2/c1-10-4-5-14-15(6-10)20-16-13-8-12(19)7-11(13)9-18(16)17(14,2)3/h7,10,13-16H,4-6,8-9H2,1-3H3/t10-,13+,14-,15-,16+/m1/s1. The molecule has 4 aliphatic rings. The van der Waals surface area contributed by atoms with Crippen LogP contribution in [0.1, 0.15) is 46.5 Å². The first-order valence-electron chi connectivity index (χ1n) is 8.12. The molecule has 3 heteroatoms. The van der Waals surface area contributed by atoms with Gasteiger partial charge >= 0.3 is 0 Å². The smallest absolute Gasteiger partial charge is 0.156 e. The Balaban J connectivity index is 1.67. The second-order valence-corrected chi connectivity index (χ2v) is 7.87. The number of hydrogen-bond donors (Lipinski definition) is 0. The van der Waals surface area contributed by atoms with E-state index in [9.17, 15) is 4.79 Å². The fourth-order valence-corrected chi connectivity index (χ4v) is 5.05. The maximum Gasteiger partial charge on any atom is 0.156 e. The number of carbonyl (C=O) groups excluding carboxylic acids is 1. The maximum absolute atomic E-state index is 11.7. The molecule has 110 valence electrons. The van der Waals surface area contributed by atoms with Crippen molar-refractivity contribution in [1.29, 1.82) is 0 Å². The second-order valence-electron chi connectivity index (χ2n) is 7.87. The summed E-state index contributed by atoms with van der Waals surface area (Å²) in [5, 5.41) is 0. The van der Waals surface area contributed by atoms with E-state index in [1.54, 1.807) is 0 Å². The van der Waals surface area contributed by atoms with E-state index in [-0.39, 0.29) is 11.8 Å². The molecule has 1 saturated carbocycles. The molecule has 0 amide bonds. The maximum atomic E-state index is 11.7. The number of ether oxygens (including phenoxy) is 1. The van der Waals surface area contributed by atoms with Gasteiger partial charge in [-0.15, -0.1) is 0 Å². The number of hydrogen-bond acceptors (Lipinski definition) is 3. The van der Waals surface area contributed by atoms with Crippen LogP contribution in [0.4, 0.5) is 0 Å². The summed E-state index contributed by atoms with van der Waals surface area (Å²) in [7, 11) is 0. The van der Waals surface area contributed by atoms with Gasteiger partial charge < -0.3 is 4.74 Å². The van der Waals surface area contributed by atoms with Crippen LogP contribution in [0.25, 0.3) is 0 Å². The monoisotopic (exact) mass is 275 g/mol. The van der Waals surface area contributed by atoms with Gasteiger partial charge in [-0.1, -0.05) is 13.3 Å². The molecule has 4 rings (SSSR count). The van der Waals surface area contributed by atoms with Crippen LogP contribution in [0.3, 0.4) is 0 Å². The van der Waals surface area contributed by atoms with Crippen LogP contribution in [0.15, 0.2) is 11.6 Å². The first-order valence-corrected chi connectivity index (χ1v) is 8.12.